The van der Waals surface area contributed by atoms with Crippen LogP contribution in [0.3, 0.4) is 0 Å². The Morgan fingerprint density at radius 1 is 1.50 bits per heavy atom. The molecule has 102 valence electrons. The number of hydrogen-bond donors (Lipinski definition) is 1. The summed E-state index contributed by atoms with van der Waals surface area (Å²) in [7, 11) is 0. The summed E-state index contributed by atoms with van der Waals surface area (Å²) >= 11 is 0. The first-order valence-corrected chi connectivity index (χ1v) is 6.42. The summed E-state index contributed by atoms with van der Waals surface area (Å²) in [6.45, 7) is 5.95. The van der Waals surface area contributed by atoms with Gasteiger partial charge in [0, 0.05) is 26.2 Å². The van der Waals surface area contributed by atoms with Gasteiger partial charge in [-0.3, -0.25) is 4.79 Å². The van der Waals surface area contributed by atoms with Crippen molar-refractivity contribution in [2.75, 3.05) is 26.2 Å². The molecule has 1 N–H and O–H groups in total. The Balaban J connectivity index is 2.05. The molecule has 2 amide bonds. The second-order valence-corrected chi connectivity index (χ2v) is 5.07. The lowest BCUT2D eigenvalue weighted by atomic mass is 9.88. The molecule has 0 aromatic carbocycles. The smallest absolute Gasteiger partial charge is 0.407 e. The monoisotopic (exact) mass is 256 g/mol. The Morgan fingerprint density at radius 3 is 2.61 bits per heavy atom. The fourth-order valence-corrected chi connectivity index (χ4v) is 2.79. The zero-order valence-electron chi connectivity index (χ0n) is 10.9. The largest absolute Gasteiger partial charge is 0.465 e. The summed E-state index contributed by atoms with van der Waals surface area (Å²) in [6, 6.07) is 0. The SMILES string of the molecule is CCN1CC2(CCN(C(=O)O)CC2)OC(C)C1=O. The molecule has 0 radical (unpaired) electrons. The number of carbonyl (C=O) groups is 2. The second kappa shape index (κ2) is 4.76. The highest BCUT2D eigenvalue weighted by Gasteiger charge is 2.45. The van der Waals surface area contributed by atoms with Crippen LogP contribution >= 0.6 is 0 Å². The lowest BCUT2D eigenvalue weighted by Gasteiger charge is -2.48. The van der Waals surface area contributed by atoms with Crippen molar-refractivity contribution in [2.24, 2.45) is 0 Å². The van der Waals surface area contributed by atoms with Gasteiger partial charge >= 0.3 is 6.09 Å². The Bertz CT molecular complexity index is 350. The van der Waals surface area contributed by atoms with Crippen LogP contribution in [0.4, 0.5) is 4.79 Å². The van der Waals surface area contributed by atoms with Crippen LogP contribution in [0.5, 0.6) is 0 Å². The molecule has 2 aliphatic rings. The van der Waals surface area contributed by atoms with E-state index in [4.69, 9.17) is 9.84 Å². The highest BCUT2D eigenvalue weighted by Crippen LogP contribution is 2.32. The Morgan fingerprint density at radius 2 is 2.11 bits per heavy atom. The minimum Gasteiger partial charge on any atom is -0.465 e. The van der Waals surface area contributed by atoms with Crippen molar-refractivity contribution in [3.05, 3.63) is 0 Å². The maximum absolute atomic E-state index is 11.9. The molecule has 2 aliphatic heterocycles. The van der Waals surface area contributed by atoms with Gasteiger partial charge in [-0.1, -0.05) is 0 Å². The number of rotatable bonds is 1. The number of morpholine rings is 1. The molecule has 1 unspecified atom stereocenters. The van der Waals surface area contributed by atoms with Crippen molar-refractivity contribution in [1.82, 2.24) is 9.80 Å². The molecule has 1 spiro atoms. The highest BCUT2D eigenvalue weighted by molar-refractivity contribution is 5.81. The molecule has 18 heavy (non-hydrogen) atoms. The zero-order valence-corrected chi connectivity index (χ0v) is 10.9. The highest BCUT2D eigenvalue weighted by atomic mass is 16.5. The van der Waals surface area contributed by atoms with Crippen molar-refractivity contribution in [3.8, 4) is 0 Å². The third-order valence-corrected chi connectivity index (χ3v) is 3.89. The molecule has 0 saturated carbocycles. The molecule has 0 bridgehead atoms. The molecule has 0 aliphatic carbocycles. The van der Waals surface area contributed by atoms with E-state index in [9.17, 15) is 9.59 Å². The number of hydrogen-bond acceptors (Lipinski definition) is 3. The predicted octanol–water partition coefficient (Wildman–Crippen LogP) is 0.766. The van der Waals surface area contributed by atoms with Crippen LogP contribution in [-0.4, -0.2) is 64.8 Å². The van der Waals surface area contributed by atoms with Crippen LogP contribution in [0.2, 0.25) is 0 Å². The van der Waals surface area contributed by atoms with Crippen molar-refractivity contribution in [2.45, 2.75) is 38.4 Å². The average molecular weight is 256 g/mol. The second-order valence-electron chi connectivity index (χ2n) is 5.07. The first-order valence-electron chi connectivity index (χ1n) is 6.42. The van der Waals surface area contributed by atoms with Crippen LogP contribution in [0.25, 0.3) is 0 Å². The normalized spacial score (nSPS) is 27.7. The van der Waals surface area contributed by atoms with Gasteiger partial charge in [-0.05, 0) is 26.7 Å². The third-order valence-electron chi connectivity index (χ3n) is 3.89. The number of nitrogens with zero attached hydrogens (tertiary/aromatic N) is 2. The van der Waals surface area contributed by atoms with E-state index in [0.717, 1.165) is 0 Å². The molecule has 2 fully saturated rings. The minimum absolute atomic E-state index is 0.0313. The summed E-state index contributed by atoms with van der Waals surface area (Å²) < 4.78 is 5.88. The predicted molar refractivity (Wildman–Crippen MR) is 64.4 cm³/mol. The van der Waals surface area contributed by atoms with Crippen molar-refractivity contribution >= 4 is 12.0 Å². The van der Waals surface area contributed by atoms with E-state index in [1.807, 2.05) is 11.8 Å². The first-order chi connectivity index (χ1) is 8.47. The van der Waals surface area contributed by atoms with Crippen molar-refractivity contribution in [1.29, 1.82) is 0 Å². The van der Waals surface area contributed by atoms with Gasteiger partial charge < -0.3 is 19.6 Å². The standard InChI is InChI=1S/C12H20N2O4/c1-3-13-8-12(18-9(2)10(13)15)4-6-14(7-5-12)11(16)17/h9H,3-8H2,1-2H3,(H,16,17). The third kappa shape index (κ3) is 2.29. The molecule has 1 atom stereocenters. The zero-order chi connectivity index (χ0) is 13.3. The minimum atomic E-state index is -0.878. The Kier molecular flexibility index (Phi) is 3.47. The maximum Gasteiger partial charge on any atom is 0.407 e. The van der Waals surface area contributed by atoms with Gasteiger partial charge in [0.1, 0.15) is 6.10 Å². The van der Waals surface area contributed by atoms with E-state index in [2.05, 4.69) is 0 Å². The number of likely N-dealkylation sites (N-methyl/N-ethyl adjacent to an activating group) is 1. The molecule has 0 aromatic heterocycles. The lowest BCUT2D eigenvalue weighted by molar-refractivity contribution is -0.188. The van der Waals surface area contributed by atoms with Gasteiger partial charge in [0.15, 0.2) is 0 Å². The average Bonchev–Trinajstić information content (AvgIpc) is 2.34. The number of ether oxygens (including phenoxy) is 1. The van der Waals surface area contributed by atoms with E-state index in [-0.39, 0.29) is 11.5 Å². The van der Waals surface area contributed by atoms with Gasteiger partial charge in [-0.15, -0.1) is 0 Å². The van der Waals surface area contributed by atoms with E-state index in [0.29, 0.717) is 39.0 Å². The first kappa shape index (κ1) is 13.1. The molecular weight excluding hydrogens is 236 g/mol. The van der Waals surface area contributed by atoms with Gasteiger partial charge in [0.05, 0.1) is 5.60 Å². The Hall–Kier alpha value is -1.30. The topological polar surface area (TPSA) is 70.1 Å². The van der Waals surface area contributed by atoms with Crippen LogP contribution in [0, 0.1) is 0 Å². The quantitative estimate of drug-likeness (QED) is 0.752. The molecule has 2 saturated heterocycles. The summed E-state index contributed by atoms with van der Waals surface area (Å²) in [4.78, 5) is 26.0. The Labute approximate surface area is 106 Å². The summed E-state index contributed by atoms with van der Waals surface area (Å²) in [5.41, 5.74) is -0.352. The van der Waals surface area contributed by atoms with E-state index in [1.54, 1.807) is 6.92 Å². The number of carboxylic acid groups (broad SMARTS) is 1. The van der Waals surface area contributed by atoms with Crippen LogP contribution in [0.1, 0.15) is 26.7 Å². The van der Waals surface area contributed by atoms with Crippen LogP contribution < -0.4 is 0 Å². The maximum atomic E-state index is 11.9. The van der Waals surface area contributed by atoms with Crippen LogP contribution in [-0.2, 0) is 9.53 Å². The molecule has 2 rings (SSSR count). The molecular formula is C12H20N2O4. The van der Waals surface area contributed by atoms with Gasteiger partial charge in [0.2, 0.25) is 0 Å². The summed E-state index contributed by atoms with van der Waals surface area (Å²) in [5.74, 6) is 0.0313. The number of carbonyl (C=O) groups excluding carboxylic acids is 1. The number of likely N-dealkylation sites (tertiary alicyclic amines) is 1. The molecule has 6 heteroatoms. The lowest BCUT2D eigenvalue weighted by Crippen LogP contribution is -2.61. The van der Waals surface area contributed by atoms with E-state index >= 15 is 0 Å². The number of amides is 2. The van der Waals surface area contributed by atoms with E-state index < -0.39 is 12.2 Å². The van der Waals surface area contributed by atoms with Gasteiger partial charge in [0.25, 0.3) is 5.91 Å². The van der Waals surface area contributed by atoms with Gasteiger partial charge in [-0.25, -0.2) is 4.79 Å². The van der Waals surface area contributed by atoms with Gasteiger partial charge in [-0.2, -0.15) is 0 Å². The van der Waals surface area contributed by atoms with E-state index in [1.165, 1.54) is 4.90 Å². The van der Waals surface area contributed by atoms with Crippen molar-refractivity contribution < 1.29 is 19.4 Å². The molecule has 6 nitrogen and oxygen atoms in total. The van der Waals surface area contributed by atoms with Crippen molar-refractivity contribution in [3.63, 3.8) is 0 Å². The molecule has 0 aromatic rings. The summed E-state index contributed by atoms with van der Waals surface area (Å²) in [6.07, 6.45) is 0.0214. The fraction of sp³-hybridized carbons (Fsp3) is 0.833. The van der Waals surface area contributed by atoms with Crippen LogP contribution in [0.15, 0.2) is 0 Å². The fourth-order valence-electron chi connectivity index (χ4n) is 2.79. The summed E-state index contributed by atoms with van der Waals surface area (Å²) in [5, 5.41) is 8.94. The number of piperidine rings is 1. The molecule has 2 heterocycles.